The maximum Gasteiger partial charge on any atom is 0.0465 e. The van der Waals surface area contributed by atoms with Crippen molar-refractivity contribution in [3.63, 3.8) is 0 Å². The fourth-order valence-corrected chi connectivity index (χ4v) is 12.4. The molecule has 304 valence electrons. The van der Waals surface area contributed by atoms with Crippen LogP contribution in [0.15, 0.2) is 206 Å². The van der Waals surface area contributed by atoms with Gasteiger partial charge in [-0.05, 0) is 133 Å². The van der Waals surface area contributed by atoms with E-state index in [1.165, 1.54) is 77.3 Å². The van der Waals surface area contributed by atoms with Crippen molar-refractivity contribution in [2.24, 2.45) is 11.8 Å². The van der Waals surface area contributed by atoms with E-state index in [-0.39, 0.29) is 22.7 Å². The maximum absolute atomic E-state index is 2.55. The number of hydrogen-bond acceptors (Lipinski definition) is 1. The third-order valence-corrected chi connectivity index (χ3v) is 15.1. The number of fused-ring (bicyclic) bond motifs is 7. The molecule has 0 N–H and O–H groups in total. The molecule has 0 radical (unpaired) electrons. The molecule has 12 rings (SSSR count). The van der Waals surface area contributed by atoms with Crippen LogP contribution in [0, 0.1) is 11.8 Å². The van der Waals surface area contributed by atoms with Gasteiger partial charge in [0.05, 0.1) is 0 Å². The van der Waals surface area contributed by atoms with Crippen LogP contribution in [-0.4, -0.2) is 0 Å². The van der Waals surface area contributed by atoms with E-state index in [2.05, 4.69) is 237 Å². The summed E-state index contributed by atoms with van der Waals surface area (Å²) in [5.41, 5.74) is 18.3. The lowest BCUT2D eigenvalue weighted by atomic mass is 9.58. The van der Waals surface area contributed by atoms with Crippen LogP contribution >= 0.6 is 0 Å². The Kier molecular flexibility index (Phi) is 8.90. The first kappa shape index (κ1) is 37.8. The average Bonchev–Trinajstić information content (AvgIpc) is 3.78. The predicted molar refractivity (Wildman–Crippen MR) is 265 cm³/mol. The summed E-state index contributed by atoms with van der Waals surface area (Å²) in [7, 11) is 0. The average molecular weight is 810 g/mol. The van der Waals surface area contributed by atoms with Gasteiger partial charge in [0.2, 0.25) is 0 Å². The number of anilines is 3. The van der Waals surface area contributed by atoms with Crippen LogP contribution in [0.2, 0.25) is 0 Å². The Hall–Kier alpha value is -6.96. The van der Waals surface area contributed by atoms with Crippen molar-refractivity contribution < 1.29 is 0 Å². The Morgan fingerprint density at radius 2 is 1.22 bits per heavy atom. The van der Waals surface area contributed by atoms with Gasteiger partial charge in [-0.2, -0.15) is 0 Å². The van der Waals surface area contributed by atoms with Crippen molar-refractivity contribution in [2.45, 2.75) is 49.9 Å². The van der Waals surface area contributed by atoms with E-state index < -0.39 is 0 Å². The molecular weight excluding hydrogens is 759 g/mol. The molecule has 0 aromatic heterocycles. The molecule has 0 saturated heterocycles. The highest BCUT2D eigenvalue weighted by Crippen LogP contribution is 2.64. The van der Waals surface area contributed by atoms with Crippen LogP contribution in [-0.2, 0) is 10.8 Å². The highest BCUT2D eigenvalue weighted by Gasteiger charge is 2.56. The molecule has 0 bridgehead atoms. The monoisotopic (exact) mass is 809 g/mol. The molecule has 7 aromatic rings. The summed E-state index contributed by atoms with van der Waals surface area (Å²) in [6.07, 6.45) is 24.9. The lowest BCUT2D eigenvalue weighted by Crippen LogP contribution is -2.41. The minimum Gasteiger partial charge on any atom is -0.310 e. The Bertz CT molecular complexity index is 3180. The third kappa shape index (κ3) is 5.75. The topological polar surface area (TPSA) is 3.24 Å². The predicted octanol–water partition coefficient (Wildman–Crippen LogP) is 14.3. The van der Waals surface area contributed by atoms with Crippen molar-refractivity contribution >= 4 is 34.8 Å². The summed E-state index contributed by atoms with van der Waals surface area (Å²) in [6.45, 7) is 4.73. The van der Waals surface area contributed by atoms with Gasteiger partial charge in [0.1, 0.15) is 0 Å². The number of para-hydroxylation sites is 1. The molecule has 5 aliphatic rings. The normalized spacial score (nSPS) is 21.8. The largest absolute Gasteiger partial charge is 0.310 e. The van der Waals surface area contributed by atoms with E-state index in [9.17, 15) is 0 Å². The summed E-state index contributed by atoms with van der Waals surface area (Å²) >= 11 is 0. The van der Waals surface area contributed by atoms with E-state index in [0.29, 0.717) is 5.92 Å². The molecule has 7 aromatic carbocycles. The van der Waals surface area contributed by atoms with Crippen LogP contribution in [0.1, 0.15) is 72.4 Å². The minimum atomic E-state index is -0.206. The van der Waals surface area contributed by atoms with Crippen LogP contribution in [0.3, 0.4) is 0 Å². The zero-order chi connectivity index (χ0) is 42.1. The molecule has 0 heterocycles. The van der Waals surface area contributed by atoms with Crippen LogP contribution in [0.5, 0.6) is 0 Å². The Labute approximate surface area is 372 Å². The van der Waals surface area contributed by atoms with Gasteiger partial charge in [-0.3, -0.25) is 0 Å². The van der Waals surface area contributed by atoms with Crippen molar-refractivity contribution in [3.8, 4) is 22.3 Å². The molecule has 0 amide bonds. The third-order valence-electron chi connectivity index (χ3n) is 15.1. The molecule has 4 atom stereocenters. The molecule has 0 saturated carbocycles. The second-order valence-electron chi connectivity index (χ2n) is 18.6. The van der Waals surface area contributed by atoms with E-state index in [1.54, 1.807) is 0 Å². The SMILES string of the molecule is CC1(C)c2ccccc2-c2ccc(N(c3ccccc3)c3ccc(-c4ccc5c(c4C4=CC=CC6C4c4ccccc4C6(c4ccccc4)C4C=CC=CC4)=CCCC=5)cc3)cc21. The molecule has 0 aliphatic heterocycles. The smallest absolute Gasteiger partial charge is 0.0465 e. The number of benzene rings is 7. The summed E-state index contributed by atoms with van der Waals surface area (Å²) in [4.78, 5) is 2.42. The molecule has 1 nitrogen and oxygen atoms in total. The van der Waals surface area contributed by atoms with Crippen molar-refractivity contribution in [3.05, 3.63) is 250 Å². The van der Waals surface area contributed by atoms with Gasteiger partial charge < -0.3 is 4.90 Å². The number of nitrogens with zero attached hydrogens (tertiary/aromatic N) is 1. The van der Waals surface area contributed by atoms with Gasteiger partial charge in [0, 0.05) is 39.7 Å². The maximum atomic E-state index is 2.55. The van der Waals surface area contributed by atoms with E-state index in [0.717, 1.165) is 30.6 Å². The molecule has 0 fully saturated rings. The summed E-state index contributed by atoms with van der Waals surface area (Å²) in [5, 5.41) is 2.73. The van der Waals surface area contributed by atoms with Crippen molar-refractivity contribution in [1.29, 1.82) is 0 Å². The van der Waals surface area contributed by atoms with Crippen LogP contribution in [0.4, 0.5) is 17.1 Å². The van der Waals surface area contributed by atoms with Crippen LogP contribution in [0.25, 0.3) is 40.0 Å². The van der Waals surface area contributed by atoms with Gasteiger partial charge in [-0.25, -0.2) is 0 Å². The van der Waals surface area contributed by atoms with Crippen LogP contribution < -0.4 is 15.3 Å². The molecule has 4 unspecified atom stereocenters. The molecule has 1 heteroatoms. The fourth-order valence-electron chi connectivity index (χ4n) is 12.4. The highest BCUT2D eigenvalue weighted by atomic mass is 15.1. The number of rotatable bonds is 7. The standard InChI is InChI=1S/C62H51N/c1-61(2)55-30-16-14-27-51(55)52-40-38-48(41-58(52)61)63(46-24-10-5-11-25-46)47-36-33-43(34-37-47)50-39-35-42-19-12-13-26-49(42)59(50)54-29-18-32-57-60(54)53-28-15-17-31-56(53)62(57,44-20-6-3-7-21-44)45-22-8-4-9-23-45/h3-11,14-22,24-41,45,57,60H,12-13,23H2,1-2H3. The Morgan fingerprint density at radius 3 is 2.03 bits per heavy atom. The molecule has 63 heavy (non-hydrogen) atoms. The highest BCUT2D eigenvalue weighted by molar-refractivity contribution is 5.90. The Balaban J connectivity index is 0.997. The van der Waals surface area contributed by atoms with E-state index >= 15 is 0 Å². The second kappa shape index (κ2) is 14.8. The van der Waals surface area contributed by atoms with Crippen molar-refractivity contribution in [2.75, 3.05) is 4.90 Å². The second-order valence-corrected chi connectivity index (χ2v) is 18.6. The van der Waals surface area contributed by atoms with E-state index in [1.807, 2.05) is 0 Å². The lowest BCUT2D eigenvalue weighted by Gasteiger charge is -2.44. The first-order chi connectivity index (χ1) is 31.0. The zero-order valence-corrected chi connectivity index (χ0v) is 36.1. The quantitative estimate of drug-likeness (QED) is 0.155. The zero-order valence-electron chi connectivity index (χ0n) is 36.1. The van der Waals surface area contributed by atoms with Gasteiger partial charge in [0.15, 0.2) is 0 Å². The van der Waals surface area contributed by atoms with Gasteiger partial charge >= 0.3 is 0 Å². The van der Waals surface area contributed by atoms with E-state index in [4.69, 9.17) is 0 Å². The summed E-state index contributed by atoms with van der Waals surface area (Å²) < 4.78 is 0. The molecule has 0 spiro atoms. The number of hydrogen-bond donors (Lipinski definition) is 0. The lowest BCUT2D eigenvalue weighted by molar-refractivity contribution is 0.303. The summed E-state index contributed by atoms with van der Waals surface area (Å²) in [6, 6.07) is 61.8. The van der Waals surface area contributed by atoms with Gasteiger partial charge in [-0.15, -0.1) is 0 Å². The Morgan fingerprint density at radius 1 is 0.540 bits per heavy atom. The summed E-state index contributed by atoms with van der Waals surface area (Å²) in [5.74, 6) is 0.789. The minimum absolute atomic E-state index is 0.0851. The van der Waals surface area contributed by atoms with Gasteiger partial charge in [0.25, 0.3) is 0 Å². The molecule has 5 aliphatic carbocycles. The van der Waals surface area contributed by atoms with Gasteiger partial charge in [-0.1, -0.05) is 196 Å². The first-order valence-electron chi connectivity index (χ1n) is 22.9. The first-order valence-corrected chi connectivity index (χ1v) is 22.9. The van der Waals surface area contributed by atoms with Crippen molar-refractivity contribution in [1.82, 2.24) is 0 Å². The fraction of sp³-hybridized carbons (Fsp3) is 0.161. The number of allylic oxidation sites excluding steroid dienone is 8. The molecular formula is C62H51N.